The average Bonchev–Trinajstić information content (AvgIpc) is 2.64. The topological polar surface area (TPSA) is 24.8 Å². The third-order valence-electron chi connectivity index (χ3n) is 2.89. The molecule has 2 aliphatic heterocycles. The quantitative estimate of drug-likeness (QED) is 0.493. The van der Waals surface area contributed by atoms with Gasteiger partial charge in [0.2, 0.25) is 0 Å². The molecule has 2 bridgehead atoms. The van der Waals surface area contributed by atoms with E-state index in [1.807, 2.05) is 0 Å². The van der Waals surface area contributed by atoms with Gasteiger partial charge in [0.05, 0.1) is 0 Å². The van der Waals surface area contributed by atoms with Crippen LogP contribution in [-0.2, 0) is 4.84 Å². The van der Waals surface area contributed by atoms with E-state index in [1.165, 1.54) is 6.42 Å². The minimum absolute atomic E-state index is 0.332. The Kier molecular flexibility index (Phi) is 2.44. The second-order valence-electron chi connectivity index (χ2n) is 3.70. The van der Waals surface area contributed by atoms with Crippen LogP contribution in [0.3, 0.4) is 0 Å². The van der Waals surface area contributed by atoms with Gasteiger partial charge in [0.25, 0.3) is 0 Å². The molecule has 2 fully saturated rings. The molecule has 0 radical (unpaired) electrons. The highest BCUT2D eigenvalue weighted by atomic mass is 19.3. The van der Waals surface area contributed by atoms with Gasteiger partial charge in [0.15, 0.2) is 0 Å². The maximum Gasteiger partial charge on any atom is 0.397 e. The molecule has 0 aromatic heterocycles. The van der Waals surface area contributed by atoms with E-state index in [0.29, 0.717) is 18.4 Å². The molecule has 0 spiro atoms. The van der Waals surface area contributed by atoms with Crippen LogP contribution in [0, 0.1) is 11.8 Å². The minimum atomic E-state index is -2.00. The van der Waals surface area contributed by atoms with Gasteiger partial charge in [-0.05, 0) is 24.0 Å². The summed E-state index contributed by atoms with van der Waals surface area (Å²) >= 11 is 0. The van der Waals surface area contributed by atoms with Crippen molar-refractivity contribution in [2.24, 2.45) is 17.0 Å². The number of hydrogen-bond acceptors (Lipinski definition) is 3. The van der Waals surface area contributed by atoms with E-state index in [-0.39, 0.29) is 0 Å². The molecule has 2 saturated heterocycles. The average molecular weight is 190 g/mol. The van der Waals surface area contributed by atoms with Crippen LogP contribution < -0.4 is 0 Å². The third kappa shape index (κ3) is 1.96. The summed E-state index contributed by atoms with van der Waals surface area (Å²) in [6.45, 7) is 3.57. The Morgan fingerprint density at radius 3 is 2.85 bits per heavy atom. The van der Waals surface area contributed by atoms with Crippen molar-refractivity contribution in [1.82, 2.24) is 4.90 Å². The van der Waals surface area contributed by atoms with Gasteiger partial charge < -0.3 is 9.74 Å². The first kappa shape index (κ1) is 8.87. The van der Waals surface area contributed by atoms with Crippen LogP contribution in [0.15, 0.2) is 5.16 Å². The Morgan fingerprint density at radius 2 is 2.31 bits per heavy atom. The molecule has 2 heterocycles. The summed E-state index contributed by atoms with van der Waals surface area (Å²) in [6.07, 6.45) is -0.820. The van der Waals surface area contributed by atoms with Gasteiger partial charge in [-0.1, -0.05) is 0 Å². The molecule has 0 saturated carbocycles. The number of nitrogens with zero attached hydrogens (tertiary/aromatic N) is 2. The Morgan fingerprint density at radius 1 is 1.46 bits per heavy atom. The molecule has 74 valence electrons. The van der Waals surface area contributed by atoms with Gasteiger partial charge in [-0.25, -0.2) is 0 Å². The van der Waals surface area contributed by atoms with Crippen LogP contribution >= 0.6 is 0 Å². The molecule has 0 aromatic rings. The Balaban J connectivity index is 1.74. The van der Waals surface area contributed by atoms with Crippen molar-refractivity contribution in [2.45, 2.75) is 6.42 Å². The third-order valence-corrected chi connectivity index (χ3v) is 2.89. The van der Waals surface area contributed by atoms with Crippen LogP contribution in [0.2, 0.25) is 0 Å². The molecule has 5 heteroatoms. The molecule has 0 aromatic carbocycles. The second-order valence-corrected chi connectivity index (χ2v) is 3.70. The zero-order valence-corrected chi connectivity index (χ0v) is 7.25. The lowest BCUT2D eigenvalue weighted by molar-refractivity contribution is 0.0818. The molecule has 3 unspecified atom stereocenters. The van der Waals surface area contributed by atoms with Crippen molar-refractivity contribution in [3.8, 4) is 0 Å². The van der Waals surface area contributed by atoms with E-state index in [1.54, 1.807) is 0 Å². The van der Waals surface area contributed by atoms with E-state index >= 15 is 0 Å². The van der Waals surface area contributed by atoms with E-state index in [0.717, 1.165) is 19.6 Å². The Bertz CT molecular complexity index is 218. The molecule has 0 N–H and O–H groups in total. The van der Waals surface area contributed by atoms with Crippen LogP contribution in [0.5, 0.6) is 0 Å². The molecular weight excluding hydrogens is 178 g/mol. The smallest absolute Gasteiger partial charge is 0.391 e. The summed E-state index contributed by atoms with van der Waals surface area (Å²) in [5.41, 5.74) is 0. The first-order valence-corrected chi connectivity index (χ1v) is 4.49. The number of rotatable bonds is 3. The summed E-state index contributed by atoms with van der Waals surface area (Å²) in [6, 6.07) is 0. The fraction of sp³-hybridized carbons (Fsp3) is 0.875. The van der Waals surface area contributed by atoms with Crippen LogP contribution in [0.25, 0.3) is 0 Å². The van der Waals surface area contributed by atoms with E-state index in [4.69, 9.17) is 0 Å². The SMILES string of the molecule is FC(F)=NOCC1CN2CCC1C2. The van der Waals surface area contributed by atoms with Crippen molar-refractivity contribution < 1.29 is 13.6 Å². The lowest BCUT2D eigenvalue weighted by Gasteiger charge is -2.20. The number of fused-ring (bicyclic) bond motifs is 2. The van der Waals surface area contributed by atoms with E-state index in [9.17, 15) is 8.78 Å². The Labute approximate surface area is 75.3 Å². The molecular formula is C8H12F2N2O. The Hall–Kier alpha value is -0.710. The fourth-order valence-electron chi connectivity index (χ4n) is 2.26. The molecule has 3 atom stereocenters. The highest BCUT2D eigenvalue weighted by Crippen LogP contribution is 2.32. The number of hydrogen-bond donors (Lipinski definition) is 0. The second kappa shape index (κ2) is 3.57. The monoisotopic (exact) mass is 190 g/mol. The molecule has 13 heavy (non-hydrogen) atoms. The summed E-state index contributed by atoms with van der Waals surface area (Å²) in [5.74, 6) is 1.04. The molecule has 2 rings (SSSR count). The lowest BCUT2D eigenvalue weighted by atomic mass is 9.94. The van der Waals surface area contributed by atoms with Gasteiger partial charge in [-0.15, -0.1) is 8.78 Å². The first-order valence-electron chi connectivity index (χ1n) is 4.49. The van der Waals surface area contributed by atoms with Gasteiger partial charge in [0.1, 0.15) is 6.61 Å². The number of halogens is 2. The van der Waals surface area contributed by atoms with Crippen LogP contribution in [0.1, 0.15) is 6.42 Å². The number of piperidine rings is 1. The lowest BCUT2D eigenvalue weighted by Crippen LogP contribution is -2.26. The highest BCUT2D eigenvalue weighted by Gasteiger charge is 2.38. The van der Waals surface area contributed by atoms with Crippen molar-refractivity contribution in [2.75, 3.05) is 26.2 Å². The first-order chi connectivity index (χ1) is 6.25. The van der Waals surface area contributed by atoms with Crippen molar-refractivity contribution in [3.05, 3.63) is 0 Å². The van der Waals surface area contributed by atoms with Crippen molar-refractivity contribution in [3.63, 3.8) is 0 Å². The van der Waals surface area contributed by atoms with Crippen molar-refractivity contribution >= 4 is 6.22 Å². The van der Waals surface area contributed by atoms with Crippen molar-refractivity contribution in [1.29, 1.82) is 0 Å². The maximum absolute atomic E-state index is 11.5. The fourth-order valence-corrected chi connectivity index (χ4v) is 2.26. The molecule has 3 nitrogen and oxygen atoms in total. The summed E-state index contributed by atoms with van der Waals surface area (Å²) in [7, 11) is 0. The summed E-state index contributed by atoms with van der Waals surface area (Å²) in [4.78, 5) is 6.88. The zero-order valence-electron chi connectivity index (χ0n) is 7.25. The molecule has 0 aliphatic carbocycles. The summed E-state index contributed by atoms with van der Waals surface area (Å²) < 4.78 is 23.0. The number of oxime groups is 1. The van der Waals surface area contributed by atoms with Crippen LogP contribution in [0.4, 0.5) is 8.78 Å². The molecule has 0 amide bonds. The largest absolute Gasteiger partial charge is 0.397 e. The zero-order chi connectivity index (χ0) is 9.26. The van der Waals surface area contributed by atoms with Gasteiger partial charge in [-0.3, -0.25) is 0 Å². The molecule has 2 aliphatic rings. The van der Waals surface area contributed by atoms with Crippen LogP contribution in [-0.4, -0.2) is 37.4 Å². The maximum atomic E-state index is 11.5. The minimum Gasteiger partial charge on any atom is -0.391 e. The van der Waals surface area contributed by atoms with E-state index < -0.39 is 6.22 Å². The normalized spacial score (nSPS) is 36.3. The summed E-state index contributed by atoms with van der Waals surface area (Å²) in [5, 5.41) is 2.64. The standard InChI is InChI=1S/C8H12F2N2O/c9-8(10)11-13-5-7-4-12-2-1-6(7)3-12/h6-7H,1-5H2. The van der Waals surface area contributed by atoms with Gasteiger partial charge >= 0.3 is 6.22 Å². The van der Waals surface area contributed by atoms with Gasteiger partial charge in [-0.2, -0.15) is 0 Å². The van der Waals surface area contributed by atoms with E-state index in [2.05, 4.69) is 14.9 Å². The van der Waals surface area contributed by atoms with Gasteiger partial charge in [0, 0.05) is 19.0 Å². The predicted octanol–water partition coefficient (Wildman–Crippen LogP) is 1.16. The highest BCUT2D eigenvalue weighted by molar-refractivity contribution is 5.62. The predicted molar refractivity (Wildman–Crippen MR) is 43.6 cm³/mol.